The van der Waals surface area contributed by atoms with Gasteiger partial charge in [0.05, 0.1) is 10.4 Å². The van der Waals surface area contributed by atoms with Crippen LogP contribution in [0.2, 0.25) is 0 Å². The minimum Gasteiger partial charge on any atom is -0.354 e. The van der Waals surface area contributed by atoms with Crippen molar-refractivity contribution in [1.29, 1.82) is 0 Å². The fourth-order valence-corrected chi connectivity index (χ4v) is 4.76. The summed E-state index contributed by atoms with van der Waals surface area (Å²) in [6.45, 7) is 2.08. The molecule has 0 saturated carbocycles. The number of halogens is 1. The first-order valence-electron chi connectivity index (χ1n) is 8.63. The van der Waals surface area contributed by atoms with Crippen LogP contribution in [-0.2, 0) is 6.42 Å². The topological polar surface area (TPSA) is 66.9 Å². The summed E-state index contributed by atoms with van der Waals surface area (Å²) >= 11 is 5.08. The van der Waals surface area contributed by atoms with Crippen LogP contribution in [0, 0.1) is 5.92 Å². The zero-order chi connectivity index (χ0) is 18.1. The van der Waals surface area contributed by atoms with E-state index in [1.807, 2.05) is 12.1 Å². The molecular weight excluding hydrogens is 412 g/mol. The molecule has 1 aromatic carbocycles. The molecule has 0 radical (unpaired) electrons. The summed E-state index contributed by atoms with van der Waals surface area (Å²) in [5.74, 6) is 0.384. The second kappa shape index (κ2) is 7.42. The zero-order valence-electron chi connectivity index (χ0n) is 14.4. The van der Waals surface area contributed by atoms with Gasteiger partial charge < -0.3 is 10.6 Å². The SMILES string of the molecule is CNC(=O)c1nnc(CC2CCNC2)c2cc(-c3ccc(Br)cc3)sc12. The predicted molar refractivity (Wildman–Crippen MR) is 109 cm³/mol. The Balaban J connectivity index is 1.82. The van der Waals surface area contributed by atoms with Gasteiger partial charge in [-0.3, -0.25) is 4.79 Å². The Kier molecular flexibility index (Phi) is 5.02. The van der Waals surface area contributed by atoms with Crippen LogP contribution in [-0.4, -0.2) is 36.2 Å². The van der Waals surface area contributed by atoms with Crippen LogP contribution in [0.4, 0.5) is 0 Å². The molecule has 1 atom stereocenters. The van der Waals surface area contributed by atoms with E-state index in [0.717, 1.165) is 56.6 Å². The number of thiophene rings is 1. The fraction of sp³-hybridized carbons (Fsp3) is 0.316. The number of hydrogen-bond acceptors (Lipinski definition) is 5. The van der Waals surface area contributed by atoms with E-state index in [1.54, 1.807) is 18.4 Å². The van der Waals surface area contributed by atoms with E-state index < -0.39 is 0 Å². The second-order valence-electron chi connectivity index (χ2n) is 6.50. The standard InChI is InChI=1S/C19H19BrN4OS/c1-21-19(25)17-18-14(15(23-24-17)8-11-6-7-22-10-11)9-16(26-18)12-2-4-13(20)5-3-12/h2-5,9,11,22H,6-8,10H2,1H3,(H,21,25). The van der Waals surface area contributed by atoms with E-state index >= 15 is 0 Å². The number of amides is 1. The highest BCUT2D eigenvalue weighted by Crippen LogP contribution is 2.37. The molecule has 2 aromatic heterocycles. The van der Waals surface area contributed by atoms with E-state index in [9.17, 15) is 4.79 Å². The molecule has 3 aromatic rings. The molecule has 1 fully saturated rings. The average Bonchev–Trinajstić information content (AvgIpc) is 3.32. The van der Waals surface area contributed by atoms with Crippen LogP contribution in [0.15, 0.2) is 34.8 Å². The van der Waals surface area contributed by atoms with Crippen molar-refractivity contribution in [2.24, 2.45) is 5.92 Å². The Labute approximate surface area is 164 Å². The van der Waals surface area contributed by atoms with Crippen molar-refractivity contribution >= 4 is 43.3 Å². The van der Waals surface area contributed by atoms with Crippen LogP contribution >= 0.6 is 27.3 Å². The molecule has 0 bridgehead atoms. The van der Waals surface area contributed by atoms with Gasteiger partial charge in [-0.2, -0.15) is 5.10 Å². The lowest BCUT2D eigenvalue weighted by Gasteiger charge is -2.09. The molecule has 0 aliphatic carbocycles. The number of carbonyl (C=O) groups excluding carboxylic acids is 1. The molecule has 134 valence electrons. The summed E-state index contributed by atoms with van der Waals surface area (Å²) in [5.41, 5.74) is 2.52. The lowest BCUT2D eigenvalue weighted by atomic mass is 10.00. The molecule has 1 aliphatic heterocycles. The van der Waals surface area contributed by atoms with Gasteiger partial charge in [0.2, 0.25) is 0 Å². The maximum Gasteiger partial charge on any atom is 0.273 e. The van der Waals surface area contributed by atoms with Crippen molar-refractivity contribution in [2.75, 3.05) is 20.1 Å². The largest absolute Gasteiger partial charge is 0.354 e. The Morgan fingerprint density at radius 1 is 1.35 bits per heavy atom. The monoisotopic (exact) mass is 430 g/mol. The molecule has 5 nitrogen and oxygen atoms in total. The van der Waals surface area contributed by atoms with Crippen molar-refractivity contribution in [3.63, 3.8) is 0 Å². The average molecular weight is 431 g/mol. The van der Waals surface area contributed by atoms with Crippen LogP contribution in [0.1, 0.15) is 22.6 Å². The molecule has 7 heteroatoms. The first kappa shape index (κ1) is 17.6. The van der Waals surface area contributed by atoms with Gasteiger partial charge in [-0.25, -0.2) is 0 Å². The van der Waals surface area contributed by atoms with E-state index in [2.05, 4.69) is 55.0 Å². The first-order chi connectivity index (χ1) is 12.7. The third-order valence-corrected chi connectivity index (χ3v) is 6.46. The Hall–Kier alpha value is -1.83. The van der Waals surface area contributed by atoms with Gasteiger partial charge >= 0.3 is 0 Å². The minimum atomic E-state index is -0.194. The van der Waals surface area contributed by atoms with Gasteiger partial charge in [-0.15, -0.1) is 16.4 Å². The molecule has 26 heavy (non-hydrogen) atoms. The van der Waals surface area contributed by atoms with Gasteiger partial charge in [-0.1, -0.05) is 28.1 Å². The molecule has 1 saturated heterocycles. The van der Waals surface area contributed by atoms with E-state index in [-0.39, 0.29) is 5.91 Å². The number of aromatic nitrogens is 2. The van der Waals surface area contributed by atoms with Gasteiger partial charge in [0.25, 0.3) is 5.91 Å². The molecule has 3 heterocycles. The summed E-state index contributed by atoms with van der Waals surface area (Å²) < 4.78 is 1.96. The van der Waals surface area contributed by atoms with E-state index in [4.69, 9.17) is 0 Å². The molecule has 2 N–H and O–H groups in total. The van der Waals surface area contributed by atoms with Crippen LogP contribution in [0.5, 0.6) is 0 Å². The van der Waals surface area contributed by atoms with Crippen molar-refractivity contribution in [3.05, 3.63) is 46.2 Å². The smallest absolute Gasteiger partial charge is 0.273 e. The number of nitrogens with zero attached hydrogens (tertiary/aromatic N) is 2. The molecule has 1 amide bonds. The van der Waals surface area contributed by atoms with Gasteiger partial charge in [0.1, 0.15) is 0 Å². The normalized spacial score (nSPS) is 16.9. The second-order valence-corrected chi connectivity index (χ2v) is 8.47. The number of nitrogens with one attached hydrogen (secondary N) is 2. The molecule has 4 rings (SSSR count). The van der Waals surface area contributed by atoms with Crippen LogP contribution in [0.25, 0.3) is 20.5 Å². The highest BCUT2D eigenvalue weighted by atomic mass is 79.9. The highest BCUT2D eigenvalue weighted by Gasteiger charge is 2.22. The van der Waals surface area contributed by atoms with Crippen LogP contribution in [0.3, 0.4) is 0 Å². The van der Waals surface area contributed by atoms with Gasteiger partial charge in [-0.05, 0) is 55.6 Å². The first-order valence-corrected chi connectivity index (χ1v) is 10.2. The van der Waals surface area contributed by atoms with Crippen molar-refractivity contribution < 1.29 is 4.79 Å². The number of benzene rings is 1. The number of rotatable bonds is 4. The van der Waals surface area contributed by atoms with E-state index in [1.165, 1.54) is 0 Å². The van der Waals surface area contributed by atoms with Crippen molar-refractivity contribution in [2.45, 2.75) is 12.8 Å². The maximum absolute atomic E-state index is 12.3. The third-order valence-electron chi connectivity index (χ3n) is 4.74. The Bertz CT molecular complexity index is 948. The predicted octanol–water partition coefficient (Wildman–Crippen LogP) is 3.63. The van der Waals surface area contributed by atoms with Crippen LogP contribution < -0.4 is 10.6 Å². The van der Waals surface area contributed by atoms with Crippen molar-refractivity contribution in [1.82, 2.24) is 20.8 Å². The molecule has 1 aliphatic rings. The summed E-state index contributed by atoms with van der Waals surface area (Å²) in [6.07, 6.45) is 2.05. The number of carbonyl (C=O) groups is 1. The van der Waals surface area contributed by atoms with E-state index in [0.29, 0.717) is 11.6 Å². The number of hydrogen-bond donors (Lipinski definition) is 2. The van der Waals surface area contributed by atoms with Crippen molar-refractivity contribution in [3.8, 4) is 10.4 Å². The Morgan fingerprint density at radius 2 is 2.15 bits per heavy atom. The lowest BCUT2D eigenvalue weighted by molar-refractivity contribution is 0.0959. The van der Waals surface area contributed by atoms with Gasteiger partial charge in [0, 0.05) is 21.8 Å². The highest BCUT2D eigenvalue weighted by molar-refractivity contribution is 9.10. The minimum absolute atomic E-state index is 0.194. The summed E-state index contributed by atoms with van der Waals surface area (Å²) in [4.78, 5) is 13.4. The fourth-order valence-electron chi connectivity index (χ4n) is 3.33. The maximum atomic E-state index is 12.3. The number of fused-ring (bicyclic) bond motifs is 1. The summed E-state index contributed by atoms with van der Waals surface area (Å²) in [5, 5.41) is 15.8. The summed E-state index contributed by atoms with van der Waals surface area (Å²) in [7, 11) is 1.62. The third kappa shape index (κ3) is 3.39. The molecular formula is C19H19BrN4OS. The molecule has 0 spiro atoms. The quantitative estimate of drug-likeness (QED) is 0.662. The Morgan fingerprint density at radius 3 is 2.85 bits per heavy atom. The summed E-state index contributed by atoms with van der Waals surface area (Å²) in [6, 6.07) is 10.4. The zero-order valence-corrected chi connectivity index (χ0v) is 16.8. The molecule has 1 unspecified atom stereocenters. The lowest BCUT2D eigenvalue weighted by Crippen LogP contribution is -2.20. The van der Waals surface area contributed by atoms with Gasteiger partial charge in [0.15, 0.2) is 5.69 Å².